The topological polar surface area (TPSA) is 73.3 Å². The first kappa shape index (κ1) is 15.2. The third kappa shape index (κ3) is 5.11. The van der Waals surface area contributed by atoms with Crippen molar-refractivity contribution in [1.29, 1.82) is 0 Å². The lowest BCUT2D eigenvalue weighted by Gasteiger charge is -2.10. The van der Waals surface area contributed by atoms with Crippen molar-refractivity contribution in [2.45, 2.75) is 32.6 Å². The quantitative estimate of drug-likeness (QED) is 0.573. The van der Waals surface area contributed by atoms with Crippen LogP contribution in [0.15, 0.2) is 6.33 Å². The Balaban J connectivity index is 2.24. The van der Waals surface area contributed by atoms with Gasteiger partial charge in [0.2, 0.25) is 5.88 Å². The summed E-state index contributed by atoms with van der Waals surface area (Å²) < 4.78 is 9.71. The second kappa shape index (κ2) is 8.29. The number of unbranched alkanes of at least 4 members (excludes halogenated alkanes) is 2. The van der Waals surface area contributed by atoms with Crippen LogP contribution in [0.3, 0.4) is 0 Å². The van der Waals surface area contributed by atoms with Gasteiger partial charge in [-0.2, -0.15) is 0 Å². The second-order valence-corrected chi connectivity index (χ2v) is 4.17. The Kier molecular flexibility index (Phi) is 6.63. The first-order chi connectivity index (χ1) is 9.19. The van der Waals surface area contributed by atoms with Crippen molar-refractivity contribution in [3.63, 3.8) is 0 Å². The summed E-state index contributed by atoms with van der Waals surface area (Å²) >= 11 is 0. The van der Waals surface area contributed by atoms with Crippen molar-refractivity contribution >= 4 is 11.8 Å². The number of anilines is 1. The van der Waals surface area contributed by atoms with Crippen LogP contribution in [0.1, 0.15) is 31.2 Å². The van der Waals surface area contributed by atoms with E-state index in [1.807, 2.05) is 6.92 Å². The summed E-state index contributed by atoms with van der Waals surface area (Å²) in [6, 6.07) is 0. The predicted molar refractivity (Wildman–Crippen MR) is 72.3 cm³/mol. The molecule has 1 aromatic heterocycles. The normalized spacial score (nSPS) is 10.1. The molecule has 106 valence electrons. The zero-order valence-electron chi connectivity index (χ0n) is 11.7. The maximum absolute atomic E-state index is 10.9. The van der Waals surface area contributed by atoms with Crippen LogP contribution in [0.4, 0.5) is 5.82 Å². The van der Waals surface area contributed by atoms with Crippen molar-refractivity contribution in [1.82, 2.24) is 9.97 Å². The standard InChI is InChI=1S/C13H21N3O3/c1-10-12(15-9-16-13(10)19-3)14-8-6-4-5-7-11(17)18-2/h9H,4-8H2,1-3H3,(H,14,15,16). The van der Waals surface area contributed by atoms with Gasteiger partial charge in [-0.15, -0.1) is 0 Å². The first-order valence-corrected chi connectivity index (χ1v) is 6.35. The highest BCUT2D eigenvalue weighted by Gasteiger charge is 2.06. The molecule has 6 heteroatoms. The molecule has 0 unspecified atom stereocenters. The monoisotopic (exact) mass is 267 g/mol. The summed E-state index contributed by atoms with van der Waals surface area (Å²) in [6.45, 7) is 2.72. The number of hydrogen-bond acceptors (Lipinski definition) is 6. The van der Waals surface area contributed by atoms with Crippen LogP contribution in [0, 0.1) is 6.92 Å². The number of hydrogen-bond donors (Lipinski definition) is 1. The molecule has 0 spiro atoms. The molecule has 0 saturated heterocycles. The van der Waals surface area contributed by atoms with Crippen molar-refractivity contribution < 1.29 is 14.3 Å². The van der Waals surface area contributed by atoms with Gasteiger partial charge in [0.1, 0.15) is 12.1 Å². The molecule has 1 heterocycles. The number of carbonyl (C=O) groups excluding carboxylic acids is 1. The molecule has 1 aromatic rings. The van der Waals surface area contributed by atoms with E-state index >= 15 is 0 Å². The summed E-state index contributed by atoms with van der Waals surface area (Å²) in [5.74, 6) is 1.23. The van der Waals surface area contributed by atoms with Gasteiger partial charge in [-0.3, -0.25) is 4.79 Å². The first-order valence-electron chi connectivity index (χ1n) is 6.35. The summed E-state index contributed by atoms with van der Waals surface area (Å²) in [4.78, 5) is 19.1. The summed E-state index contributed by atoms with van der Waals surface area (Å²) in [5, 5.41) is 3.24. The van der Waals surface area contributed by atoms with E-state index in [0.29, 0.717) is 12.3 Å². The third-order valence-electron chi connectivity index (χ3n) is 2.81. The predicted octanol–water partition coefficient (Wildman–Crippen LogP) is 1.94. The Bertz CT molecular complexity index is 410. The summed E-state index contributed by atoms with van der Waals surface area (Å²) in [7, 11) is 3.00. The molecule has 0 aliphatic heterocycles. The minimum atomic E-state index is -0.149. The van der Waals surface area contributed by atoms with Gasteiger partial charge in [0.25, 0.3) is 0 Å². The Labute approximate surface area is 113 Å². The molecule has 0 aromatic carbocycles. The van der Waals surface area contributed by atoms with Crippen LogP contribution >= 0.6 is 0 Å². The molecule has 6 nitrogen and oxygen atoms in total. The zero-order valence-corrected chi connectivity index (χ0v) is 11.7. The highest BCUT2D eigenvalue weighted by molar-refractivity contribution is 5.68. The van der Waals surface area contributed by atoms with E-state index in [4.69, 9.17) is 4.74 Å². The smallest absolute Gasteiger partial charge is 0.305 e. The minimum Gasteiger partial charge on any atom is -0.481 e. The average Bonchev–Trinajstić information content (AvgIpc) is 2.43. The van der Waals surface area contributed by atoms with Gasteiger partial charge in [-0.05, 0) is 19.8 Å². The Morgan fingerprint density at radius 1 is 1.26 bits per heavy atom. The van der Waals surface area contributed by atoms with Crippen molar-refractivity contribution in [2.75, 3.05) is 26.1 Å². The lowest BCUT2D eigenvalue weighted by Crippen LogP contribution is -2.07. The van der Waals surface area contributed by atoms with Crippen LogP contribution in [-0.2, 0) is 9.53 Å². The Hall–Kier alpha value is -1.85. The lowest BCUT2D eigenvalue weighted by atomic mass is 10.2. The molecule has 1 rings (SSSR count). The van der Waals surface area contributed by atoms with Gasteiger partial charge in [0.05, 0.1) is 19.8 Å². The van der Waals surface area contributed by atoms with E-state index in [9.17, 15) is 4.79 Å². The van der Waals surface area contributed by atoms with E-state index < -0.39 is 0 Å². The number of aromatic nitrogens is 2. The number of carbonyl (C=O) groups is 1. The molecule has 0 amide bonds. The van der Waals surface area contributed by atoms with Crippen LogP contribution in [0.2, 0.25) is 0 Å². The van der Waals surface area contributed by atoms with Gasteiger partial charge >= 0.3 is 5.97 Å². The fraction of sp³-hybridized carbons (Fsp3) is 0.615. The van der Waals surface area contributed by atoms with Gasteiger partial charge in [0, 0.05) is 13.0 Å². The van der Waals surface area contributed by atoms with Gasteiger partial charge < -0.3 is 14.8 Å². The summed E-state index contributed by atoms with van der Waals surface area (Å²) in [6.07, 6.45) is 4.76. The molecule has 0 atom stereocenters. The SMILES string of the molecule is COC(=O)CCCCCNc1ncnc(OC)c1C. The maximum atomic E-state index is 10.9. The van der Waals surface area contributed by atoms with Gasteiger partial charge in [0.15, 0.2) is 0 Å². The Morgan fingerprint density at radius 2 is 2.05 bits per heavy atom. The fourth-order valence-electron chi connectivity index (χ4n) is 1.70. The van der Waals surface area contributed by atoms with E-state index in [2.05, 4.69) is 20.0 Å². The number of nitrogens with one attached hydrogen (secondary N) is 1. The molecule has 0 bridgehead atoms. The summed E-state index contributed by atoms with van der Waals surface area (Å²) in [5.41, 5.74) is 0.902. The minimum absolute atomic E-state index is 0.149. The number of methoxy groups -OCH3 is 2. The average molecular weight is 267 g/mol. The van der Waals surface area contributed by atoms with E-state index in [1.165, 1.54) is 13.4 Å². The molecule has 0 aliphatic rings. The molecule has 0 aliphatic carbocycles. The molecule has 1 N–H and O–H groups in total. The largest absolute Gasteiger partial charge is 0.481 e. The molecule has 19 heavy (non-hydrogen) atoms. The zero-order chi connectivity index (χ0) is 14.1. The number of esters is 1. The van der Waals surface area contributed by atoms with Crippen LogP contribution in [-0.4, -0.2) is 36.7 Å². The van der Waals surface area contributed by atoms with Crippen molar-refractivity contribution in [3.05, 3.63) is 11.9 Å². The van der Waals surface area contributed by atoms with E-state index in [0.717, 1.165) is 37.2 Å². The van der Waals surface area contributed by atoms with Gasteiger partial charge in [-0.1, -0.05) is 6.42 Å². The maximum Gasteiger partial charge on any atom is 0.305 e. The third-order valence-corrected chi connectivity index (χ3v) is 2.81. The highest BCUT2D eigenvalue weighted by Crippen LogP contribution is 2.19. The van der Waals surface area contributed by atoms with Crippen LogP contribution in [0.25, 0.3) is 0 Å². The van der Waals surface area contributed by atoms with Crippen LogP contribution < -0.4 is 10.1 Å². The number of nitrogens with zero attached hydrogens (tertiary/aromatic N) is 2. The Morgan fingerprint density at radius 3 is 2.74 bits per heavy atom. The van der Waals surface area contributed by atoms with Crippen LogP contribution in [0.5, 0.6) is 5.88 Å². The molecule has 0 radical (unpaired) electrons. The molecule has 0 saturated carbocycles. The second-order valence-electron chi connectivity index (χ2n) is 4.17. The highest BCUT2D eigenvalue weighted by atomic mass is 16.5. The van der Waals surface area contributed by atoms with Crippen molar-refractivity contribution in [2.24, 2.45) is 0 Å². The van der Waals surface area contributed by atoms with Gasteiger partial charge in [-0.25, -0.2) is 9.97 Å². The van der Waals surface area contributed by atoms with E-state index in [1.54, 1.807) is 7.11 Å². The lowest BCUT2D eigenvalue weighted by molar-refractivity contribution is -0.140. The molecule has 0 fully saturated rings. The number of ether oxygens (including phenoxy) is 2. The number of rotatable bonds is 8. The van der Waals surface area contributed by atoms with Crippen molar-refractivity contribution in [3.8, 4) is 5.88 Å². The van der Waals surface area contributed by atoms with E-state index in [-0.39, 0.29) is 5.97 Å². The molecular formula is C13H21N3O3. The molecular weight excluding hydrogens is 246 g/mol. The fourth-order valence-corrected chi connectivity index (χ4v) is 1.70.